The molecule has 1 aliphatic heterocycles. The molecule has 1 fully saturated rings. The van der Waals surface area contributed by atoms with E-state index in [1.165, 1.54) is 0 Å². The SMILES string of the molecule is O=C(OS(=O)(=O)Cc1ccccc1)C1CCCCN1. The molecule has 2 rings (SSSR count). The van der Waals surface area contributed by atoms with Gasteiger partial charge in [-0.1, -0.05) is 36.8 Å². The van der Waals surface area contributed by atoms with Crippen molar-refractivity contribution in [2.75, 3.05) is 6.54 Å². The van der Waals surface area contributed by atoms with Crippen molar-refractivity contribution in [2.45, 2.75) is 31.1 Å². The van der Waals surface area contributed by atoms with Crippen LogP contribution < -0.4 is 5.32 Å². The van der Waals surface area contributed by atoms with E-state index in [1.54, 1.807) is 30.3 Å². The monoisotopic (exact) mass is 283 g/mol. The highest BCUT2D eigenvalue weighted by molar-refractivity contribution is 7.86. The molecule has 1 N–H and O–H groups in total. The van der Waals surface area contributed by atoms with Gasteiger partial charge < -0.3 is 9.50 Å². The molecule has 1 aromatic carbocycles. The molecule has 1 aromatic rings. The van der Waals surface area contributed by atoms with E-state index in [-0.39, 0.29) is 5.75 Å². The average molecular weight is 283 g/mol. The molecule has 0 radical (unpaired) electrons. The van der Waals surface area contributed by atoms with Crippen LogP contribution in [0.3, 0.4) is 0 Å². The van der Waals surface area contributed by atoms with Gasteiger partial charge in [0.25, 0.3) is 0 Å². The first kappa shape index (κ1) is 14.0. The molecule has 1 unspecified atom stereocenters. The molecule has 5 nitrogen and oxygen atoms in total. The molecular weight excluding hydrogens is 266 g/mol. The van der Waals surface area contributed by atoms with Crippen molar-refractivity contribution in [3.8, 4) is 0 Å². The molecule has 1 heterocycles. The molecular formula is C13H17NO4S. The number of piperidine rings is 1. The Balaban J connectivity index is 1.95. The average Bonchev–Trinajstić information content (AvgIpc) is 2.39. The van der Waals surface area contributed by atoms with E-state index in [0.717, 1.165) is 19.4 Å². The van der Waals surface area contributed by atoms with Crippen LogP contribution in [0.5, 0.6) is 0 Å². The van der Waals surface area contributed by atoms with Gasteiger partial charge in [-0.3, -0.25) is 0 Å². The molecule has 0 aliphatic carbocycles. The van der Waals surface area contributed by atoms with Gasteiger partial charge in [0.2, 0.25) is 0 Å². The Bertz CT molecular complexity index is 521. The Morgan fingerprint density at radius 1 is 1.26 bits per heavy atom. The van der Waals surface area contributed by atoms with Crippen LogP contribution in [0.1, 0.15) is 24.8 Å². The summed E-state index contributed by atoms with van der Waals surface area (Å²) in [6.45, 7) is 0.721. The van der Waals surface area contributed by atoms with E-state index >= 15 is 0 Å². The lowest BCUT2D eigenvalue weighted by Gasteiger charge is -2.21. The van der Waals surface area contributed by atoms with Crippen molar-refractivity contribution in [2.24, 2.45) is 0 Å². The Kier molecular flexibility index (Phi) is 4.55. The molecule has 0 spiro atoms. The fourth-order valence-corrected chi connectivity index (χ4v) is 3.07. The minimum atomic E-state index is -3.87. The highest BCUT2D eigenvalue weighted by Gasteiger charge is 2.26. The smallest absolute Gasteiger partial charge is 0.338 e. The Hall–Kier alpha value is -1.40. The number of hydrogen-bond acceptors (Lipinski definition) is 5. The summed E-state index contributed by atoms with van der Waals surface area (Å²) in [6.07, 6.45) is 2.53. The minimum absolute atomic E-state index is 0.285. The van der Waals surface area contributed by atoms with Crippen LogP contribution in [0.25, 0.3) is 0 Å². The van der Waals surface area contributed by atoms with Gasteiger partial charge in [0.05, 0.1) is 0 Å². The first-order valence-corrected chi connectivity index (χ1v) is 7.88. The lowest BCUT2D eigenvalue weighted by Crippen LogP contribution is -2.42. The van der Waals surface area contributed by atoms with Crippen LogP contribution in [0.2, 0.25) is 0 Å². The third kappa shape index (κ3) is 4.33. The molecule has 104 valence electrons. The highest BCUT2D eigenvalue weighted by atomic mass is 32.2. The van der Waals surface area contributed by atoms with E-state index < -0.39 is 22.1 Å². The van der Waals surface area contributed by atoms with Gasteiger partial charge in [-0.05, 0) is 24.9 Å². The molecule has 19 heavy (non-hydrogen) atoms. The van der Waals surface area contributed by atoms with Crippen LogP contribution in [0.15, 0.2) is 30.3 Å². The molecule has 0 saturated carbocycles. The molecule has 1 aliphatic rings. The van der Waals surface area contributed by atoms with E-state index in [4.69, 9.17) is 0 Å². The van der Waals surface area contributed by atoms with Crippen molar-refractivity contribution in [3.63, 3.8) is 0 Å². The maximum Gasteiger partial charge on any atom is 0.338 e. The summed E-state index contributed by atoms with van der Waals surface area (Å²) in [5, 5.41) is 2.97. The summed E-state index contributed by atoms with van der Waals surface area (Å²) in [6, 6.07) is 8.16. The first-order valence-electron chi connectivity index (χ1n) is 6.30. The fraction of sp³-hybridized carbons (Fsp3) is 0.462. The summed E-state index contributed by atoms with van der Waals surface area (Å²) in [5.74, 6) is -0.984. The van der Waals surface area contributed by atoms with Crippen molar-refractivity contribution in [1.29, 1.82) is 0 Å². The zero-order valence-corrected chi connectivity index (χ0v) is 11.4. The third-order valence-corrected chi connectivity index (χ3v) is 4.10. The van der Waals surface area contributed by atoms with Crippen molar-refractivity contribution in [1.82, 2.24) is 5.32 Å². The highest BCUT2D eigenvalue weighted by Crippen LogP contribution is 2.12. The summed E-state index contributed by atoms with van der Waals surface area (Å²) in [4.78, 5) is 11.7. The molecule has 0 aromatic heterocycles. The van der Waals surface area contributed by atoms with Gasteiger partial charge in [0.15, 0.2) is 0 Å². The number of hydrogen-bond donors (Lipinski definition) is 1. The lowest BCUT2D eigenvalue weighted by atomic mass is 10.1. The van der Waals surface area contributed by atoms with Gasteiger partial charge in [-0.15, -0.1) is 0 Å². The standard InChI is InChI=1S/C13H17NO4S/c15-13(12-8-4-5-9-14-12)18-19(16,17)10-11-6-2-1-3-7-11/h1-3,6-7,12,14H,4-5,8-10H2. The van der Waals surface area contributed by atoms with Crippen LogP contribution in [-0.2, 0) is 24.8 Å². The van der Waals surface area contributed by atoms with E-state index in [0.29, 0.717) is 12.0 Å². The van der Waals surface area contributed by atoms with Gasteiger partial charge in [0, 0.05) is 0 Å². The van der Waals surface area contributed by atoms with E-state index in [2.05, 4.69) is 9.50 Å². The first-order chi connectivity index (χ1) is 9.07. The molecule has 6 heteroatoms. The Morgan fingerprint density at radius 2 is 2.00 bits per heavy atom. The predicted molar refractivity (Wildman–Crippen MR) is 70.8 cm³/mol. The normalized spacial score (nSPS) is 19.9. The predicted octanol–water partition coefficient (Wildman–Crippen LogP) is 1.20. The van der Waals surface area contributed by atoms with Crippen LogP contribution in [0, 0.1) is 0 Å². The van der Waals surface area contributed by atoms with Gasteiger partial charge >= 0.3 is 16.1 Å². The summed E-state index contributed by atoms with van der Waals surface area (Å²) in [7, 11) is -3.87. The number of rotatable bonds is 4. The largest absolute Gasteiger partial charge is 0.344 e. The van der Waals surface area contributed by atoms with Crippen molar-refractivity contribution in [3.05, 3.63) is 35.9 Å². The van der Waals surface area contributed by atoms with Gasteiger partial charge in [-0.2, -0.15) is 8.42 Å². The van der Waals surface area contributed by atoms with E-state index in [1.807, 2.05) is 0 Å². The zero-order chi connectivity index (χ0) is 13.7. The maximum atomic E-state index is 11.8. The van der Waals surface area contributed by atoms with Crippen LogP contribution >= 0.6 is 0 Å². The molecule has 1 saturated heterocycles. The second-order valence-corrected chi connectivity index (χ2v) is 6.16. The molecule has 1 atom stereocenters. The van der Waals surface area contributed by atoms with Crippen LogP contribution in [0.4, 0.5) is 0 Å². The molecule has 0 amide bonds. The Morgan fingerprint density at radius 3 is 2.63 bits per heavy atom. The Labute approximate surface area is 113 Å². The minimum Gasteiger partial charge on any atom is -0.344 e. The number of benzene rings is 1. The molecule has 0 bridgehead atoms. The number of carbonyl (C=O) groups is 1. The maximum absolute atomic E-state index is 11.8. The van der Waals surface area contributed by atoms with Gasteiger partial charge in [0.1, 0.15) is 11.8 Å². The van der Waals surface area contributed by atoms with Crippen molar-refractivity contribution < 1.29 is 17.4 Å². The third-order valence-electron chi connectivity index (χ3n) is 2.99. The fourth-order valence-electron chi connectivity index (χ4n) is 2.04. The van der Waals surface area contributed by atoms with Crippen molar-refractivity contribution >= 4 is 16.1 Å². The second-order valence-electron chi connectivity index (χ2n) is 4.59. The quantitative estimate of drug-likeness (QED) is 0.841. The number of nitrogens with one attached hydrogen (secondary N) is 1. The summed E-state index contributed by atoms with van der Waals surface area (Å²) >= 11 is 0. The zero-order valence-electron chi connectivity index (χ0n) is 10.5. The number of carbonyl (C=O) groups excluding carboxylic acids is 1. The summed E-state index contributed by atoms with van der Waals surface area (Å²) < 4.78 is 28.2. The van der Waals surface area contributed by atoms with E-state index in [9.17, 15) is 13.2 Å². The second kappa shape index (κ2) is 6.16. The van der Waals surface area contributed by atoms with Gasteiger partial charge in [-0.25, -0.2) is 4.79 Å². The lowest BCUT2D eigenvalue weighted by molar-refractivity contribution is -0.136. The topological polar surface area (TPSA) is 72.5 Å². The van der Waals surface area contributed by atoms with Crippen LogP contribution in [-0.4, -0.2) is 27.0 Å². The summed E-state index contributed by atoms with van der Waals surface area (Å²) in [5.41, 5.74) is 0.604.